The second kappa shape index (κ2) is 6.98. The van der Waals surface area contributed by atoms with E-state index in [0.717, 1.165) is 29.8 Å². The molecule has 27 heavy (non-hydrogen) atoms. The topological polar surface area (TPSA) is 61.2 Å². The number of halogens is 3. The summed E-state index contributed by atoms with van der Waals surface area (Å²) in [6.45, 7) is 0.262. The third kappa shape index (κ3) is 3.70. The van der Waals surface area contributed by atoms with Gasteiger partial charge in [0, 0.05) is 13.1 Å². The molecule has 0 atom stereocenters. The second-order valence-corrected chi connectivity index (χ2v) is 8.42. The molecule has 0 aliphatic carbocycles. The molecule has 3 rings (SSSR count). The first-order valence-electron chi connectivity index (χ1n) is 8.33. The lowest BCUT2D eigenvalue weighted by Crippen LogP contribution is -2.44. The number of benzene rings is 2. The molecule has 1 aliphatic rings. The average Bonchev–Trinajstić information content (AvgIpc) is 2.68. The summed E-state index contributed by atoms with van der Waals surface area (Å²) in [5.41, 5.74) is -0.806. The molecule has 2 aromatic rings. The van der Waals surface area contributed by atoms with Crippen molar-refractivity contribution in [2.24, 2.45) is 0 Å². The van der Waals surface area contributed by atoms with E-state index in [4.69, 9.17) is 0 Å². The molecular formula is C19H17F3N2O2S. The van der Waals surface area contributed by atoms with Gasteiger partial charge in [0.1, 0.15) is 0 Å². The number of hydrogen-bond donors (Lipinski definition) is 0. The molecule has 0 radical (unpaired) electrons. The molecule has 0 spiro atoms. The van der Waals surface area contributed by atoms with Crippen molar-refractivity contribution < 1.29 is 21.6 Å². The Morgan fingerprint density at radius 2 is 1.52 bits per heavy atom. The number of nitriles is 1. The number of nitrogens with zero attached hydrogens (tertiary/aromatic N) is 2. The number of piperidine rings is 1. The van der Waals surface area contributed by atoms with E-state index in [9.17, 15) is 26.9 Å². The number of rotatable bonds is 3. The summed E-state index contributed by atoms with van der Waals surface area (Å²) in [7, 11) is -3.91. The van der Waals surface area contributed by atoms with E-state index in [1.807, 2.05) is 30.3 Å². The fraction of sp³-hybridized carbons (Fsp3) is 0.316. The van der Waals surface area contributed by atoms with E-state index < -0.39 is 27.2 Å². The maximum Gasteiger partial charge on any atom is 0.416 e. The molecule has 0 amide bonds. The SMILES string of the molecule is N#CC1(c2ccccc2)CCN(S(=O)(=O)c2ccc(C(F)(F)F)cc2)CC1. The van der Waals surface area contributed by atoms with E-state index >= 15 is 0 Å². The predicted molar refractivity (Wildman–Crippen MR) is 93.2 cm³/mol. The summed E-state index contributed by atoms with van der Waals surface area (Å²) in [5, 5.41) is 9.68. The van der Waals surface area contributed by atoms with Crippen LogP contribution in [0.3, 0.4) is 0 Å². The van der Waals surface area contributed by atoms with Gasteiger partial charge in [-0.1, -0.05) is 30.3 Å². The van der Waals surface area contributed by atoms with Crippen LogP contribution in [0, 0.1) is 11.3 Å². The molecule has 0 bridgehead atoms. The van der Waals surface area contributed by atoms with Crippen molar-refractivity contribution in [3.8, 4) is 6.07 Å². The van der Waals surface area contributed by atoms with E-state index in [2.05, 4.69) is 6.07 Å². The summed E-state index contributed by atoms with van der Waals surface area (Å²) in [5.74, 6) is 0. The van der Waals surface area contributed by atoms with Gasteiger partial charge in [0.05, 0.1) is 21.9 Å². The van der Waals surface area contributed by atoms with Crippen LogP contribution in [0.1, 0.15) is 24.0 Å². The standard InChI is InChI=1S/C19H17F3N2O2S/c20-19(21,22)16-6-8-17(9-7-16)27(25,26)24-12-10-18(14-23,11-13-24)15-4-2-1-3-5-15/h1-9H,10-13H2. The minimum Gasteiger partial charge on any atom is -0.207 e. The van der Waals surface area contributed by atoms with Gasteiger partial charge in [-0.15, -0.1) is 0 Å². The minimum atomic E-state index is -4.52. The highest BCUT2D eigenvalue weighted by molar-refractivity contribution is 7.89. The third-order valence-corrected chi connectivity index (χ3v) is 6.85. The van der Waals surface area contributed by atoms with Crippen LogP contribution in [0.5, 0.6) is 0 Å². The van der Waals surface area contributed by atoms with Crippen LogP contribution in [-0.4, -0.2) is 25.8 Å². The first-order valence-corrected chi connectivity index (χ1v) is 9.77. The van der Waals surface area contributed by atoms with Crippen LogP contribution in [0.25, 0.3) is 0 Å². The summed E-state index contributed by atoms with van der Waals surface area (Å²) < 4.78 is 64.7. The Labute approximate surface area is 155 Å². The molecule has 142 valence electrons. The van der Waals surface area contributed by atoms with Crippen LogP contribution < -0.4 is 0 Å². The van der Waals surface area contributed by atoms with Gasteiger partial charge >= 0.3 is 6.18 Å². The van der Waals surface area contributed by atoms with Gasteiger partial charge in [-0.25, -0.2) is 8.42 Å². The molecule has 1 heterocycles. The molecule has 0 unspecified atom stereocenters. The lowest BCUT2D eigenvalue weighted by atomic mass is 9.74. The molecule has 1 saturated heterocycles. The van der Waals surface area contributed by atoms with Gasteiger partial charge in [0.15, 0.2) is 0 Å². The largest absolute Gasteiger partial charge is 0.416 e. The van der Waals surface area contributed by atoms with Gasteiger partial charge in [-0.05, 0) is 42.7 Å². The van der Waals surface area contributed by atoms with Gasteiger partial charge in [-0.3, -0.25) is 0 Å². The Bertz CT molecular complexity index is 941. The van der Waals surface area contributed by atoms with Crippen molar-refractivity contribution in [3.63, 3.8) is 0 Å². The van der Waals surface area contributed by atoms with Crippen LogP contribution in [0.15, 0.2) is 59.5 Å². The highest BCUT2D eigenvalue weighted by atomic mass is 32.2. The van der Waals surface area contributed by atoms with Crippen molar-refractivity contribution in [1.82, 2.24) is 4.31 Å². The minimum absolute atomic E-state index is 0.131. The highest BCUT2D eigenvalue weighted by Gasteiger charge is 2.40. The highest BCUT2D eigenvalue weighted by Crippen LogP contribution is 2.37. The maximum atomic E-state index is 12.7. The predicted octanol–water partition coefficient (Wildman–Crippen LogP) is 3.95. The van der Waals surface area contributed by atoms with Crippen molar-refractivity contribution in [3.05, 3.63) is 65.7 Å². The molecular weight excluding hydrogens is 377 g/mol. The van der Waals surface area contributed by atoms with Crippen LogP contribution >= 0.6 is 0 Å². The number of sulfonamides is 1. The quantitative estimate of drug-likeness (QED) is 0.792. The van der Waals surface area contributed by atoms with Gasteiger partial charge in [0.25, 0.3) is 0 Å². The zero-order valence-electron chi connectivity index (χ0n) is 14.3. The molecule has 4 nitrogen and oxygen atoms in total. The van der Waals surface area contributed by atoms with Crippen LogP contribution in [-0.2, 0) is 21.6 Å². The zero-order chi connectivity index (χ0) is 19.7. The lowest BCUT2D eigenvalue weighted by molar-refractivity contribution is -0.137. The van der Waals surface area contributed by atoms with Gasteiger partial charge in [-0.2, -0.15) is 22.7 Å². The summed E-state index contributed by atoms with van der Waals surface area (Å²) in [6, 6.07) is 15.0. The average molecular weight is 394 g/mol. The van der Waals surface area contributed by atoms with Crippen molar-refractivity contribution in [2.75, 3.05) is 13.1 Å². The first-order chi connectivity index (χ1) is 12.7. The summed E-state index contributed by atoms with van der Waals surface area (Å²) in [4.78, 5) is -0.181. The monoisotopic (exact) mass is 394 g/mol. The third-order valence-electron chi connectivity index (χ3n) is 4.94. The van der Waals surface area contributed by atoms with Crippen LogP contribution in [0.4, 0.5) is 13.2 Å². The Morgan fingerprint density at radius 1 is 0.963 bits per heavy atom. The van der Waals surface area contributed by atoms with Crippen molar-refractivity contribution in [2.45, 2.75) is 29.3 Å². The molecule has 2 aromatic carbocycles. The van der Waals surface area contributed by atoms with Crippen molar-refractivity contribution in [1.29, 1.82) is 5.26 Å². The Morgan fingerprint density at radius 3 is 2.00 bits per heavy atom. The van der Waals surface area contributed by atoms with Crippen molar-refractivity contribution >= 4 is 10.0 Å². The Balaban J connectivity index is 1.80. The Kier molecular flexibility index (Phi) is 5.02. The van der Waals surface area contributed by atoms with Gasteiger partial charge in [0.2, 0.25) is 10.0 Å². The van der Waals surface area contributed by atoms with Crippen LogP contribution in [0.2, 0.25) is 0 Å². The number of hydrogen-bond acceptors (Lipinski definition) is 3. The molecule has 0 N–H and O–H groups in total. The molecule has 8 heteroatoms. The molecule has 1 fully saturated rings. The lowest BCUT2D eigenvalue weighted by Gasteiger charge is -2.37. The first kappa shape index (κ1) is 19.4. The van der Waals surface area contributed by atoms with E-state index in [1.165, 1.54) is 4.31 Å². The summed E-state index contributed by atoms with van der Waals surface area (Å²) in [6.07, 6.45) is -3.86. The van der Waals surface area contributed by atoms with Gasteiger partial charge < -0.3 is 0 Å². The molecule has 0 aromatic heterocycles. The molecule has 1 aliphatic heterocycles. The second-order valence-electron chi connectivity index (χ2n) is 6.49. The van der Waals surface area contributed by atoms with E-state index in [1.54, 1.807) is 0 Å². The summed E-state index contributed by atoms with van der Waals surface area (Å²) >= 11 is 0. The molecule has 0 saturated carbocycles. The Hall–Kier alpha value is -2.37. The smallest absolute Gasteiger partial charge is 0.207 e. The fourth-order valence-corrected chi connectivity index (χ4v) is 4.74. The van der Waals surface area contributed by atoms with E-state index in [-0.39, 0.29) is 18.0 Å². The number of alkyl halides is 3. The zero-order valence-corrected chi connectivity index (χ0v) is 15.1. The van der Waals surface area contributed by atoms with E-state index in [0.29, 0.717) is 12.8 Å². The fourth-order valence-electron chi connectivity index (χ4n) is 3.30. The maximum absolute atomic E-state index is 12.7. The normalized spacial score (nSPS) is 18.0.